The maximum atomic E-state index is 12.1. The van der Waals surface area contributed by atoms with Gasteiger partial charge in [-0.15, -0.1) is 0 Å². The fraction of sp³-hybridized carbons (Fsp3) is 0.421. The second-order valence-electron chi connectivity index (χ2n) is 6.07. The second-order valence-corrected chi connectivity index (χ2v) is 7.32. The molecule has 0 radical (unpaired) electrons. The zero-order valence-electron chi connectivity index (χ0n) is 14.6. The lowest BCUT2D eigenvalue weighted by molar-refractivity contribution is 0.0374. The molecule has 0 atom stereocenters. The molecule has 1 aromatic heterocycles. The number of furan rings is 1. The number of carbonyl (C=O) groups excluding carboxylic acids is 1. The van der Waals surface area contributed by atoms with Gasteiger partial charge in [-0.1, -0.05) is 0 Å². The predicted molar refractivity (Wildman–Crippen MR) is 106 cm³/mol. The predicted octanol–water partition coefficient (Wildman–Crippen LogP) is 2.92. The molecule has 1 amide bonds. The van der Waals surface area contributed by atoms with Crippen LogP contribution in [-0.4, -0.2) is 50.2 Å². The van der Waals surface area contributed by atoms with E-state index in [0.717, 1.165) is 48.6 Å². The summed E-state index contributed by atoms with van der Waals surface area (Å²) in [6, 6.07) is 11.2. The summed E-state index contributed by atoms with van der Waals surface area (Å²) in [5.41, 5.74) is 0. The van der Waals surface area contributed by atoms with Gasteiger partial charge in [0, 0.05) is 23.2 Å². The van der Waals surface area contributed by atoms with Crippen molar-refractivity contribution in [2.75, 3.05) is 39.4 Å². The van der Waals surface area contributed by atoms with E-state index in [4.69, 9.17) is 13.9 Å². The molecule has 1 N–H and O–H groups in total. The minimum Gasteiger partial charge on any atom is -0.486 e. The lowest BCUT2D eigenvalue weighted by Crippen LogP contribution is -2.38. The minimum atomic E-state index is -0.188. The number of nitrogens with one attached hydrogen (secondary N) is 1. The maximum Gasteiger partial charge on any atom is 0.286 e. The Bertz CT molecular complexity index is 696. The molecular formula is C19H23IN2O4. The summed E-state index contributed by atoms with van der Waals surface area (Å²) >= 11 is 2.25. The van der Waals surface area contributed by atoms with Crippen molar-refractivity contribution in [1.29, 1.82) is 0 Å². The molecule has 7 heteroatoms. The number of amides is 1. The summed E-state index contributed by atoms with van der Waals surface area (Å²) in [5, 5.41) is 2.90. The number of morpholine rings is 1. The first-order chi connectivity index (χ1) is 12.7. The zero-order chi connectivity index (χ0) is 18.2. The lowest BCUT2D eigenvalue weighted by Gasteiger charge is -2.26. The second kappa shape index (κ2) is 9.94. The van der Waals surface area contributed by atoms with Crippen molar-refractivity contribution in [1.82, 2.24) is 10.2 Å². The average molecular weight is 470 g/mol. The third-order valence-corrected chi connectivity index (χ3v) is 4.84. The lowest BCUT2D eigenvalue weighted by atomic mass is 10.3. The van der Waals surface area contributed by atoms with E-state index >= 15 is 0 Å². The number of nitrogens with zero attached hydrogens (tertiary/aromatic N) is 1. The number of benzene rings is 1. The Hall–Kier alpha value is -1.58. The first-order valence-corrected chi connectivity index (χ1v) is 9.84. The van der Waals surface area contributed by atoms with Crippen LogP contribution >= 0.6 is 22.6 Å². The molecule has 0 unspecified atom stereocenters. The molecule has 3 rings (SSSR count). The van der Waals surface area contributed by atoms with E-state index in [0.29, 0.717) is 24.7 Å². The SMILES string of the molecule is O=C(NCCCN1CCOCC1)c1ccc(COc2ccc(I)cc2)o1. The Balaban J connectivity index is 1.37. The summed E-state index contributed by atoms with van der Waals surface area (Å²) in [4.78, 5) is 14.5. The van der Waals surface area contributed by atoms with Crippen LogP contribution in [0.5, 0.6) is 5.75 Å². The molecular weight excluding hydrogens is 447 g/mol. The van der Waals surface area contributed by atoms with Crippen LogP contribution in [0, 0.1) is 3.57 Å². The number of hydrogen-bond donors (Lipinski definition) is 1. The van der Waals surface area contributed by atoms with E-state index in [1.165, 1.54) is 0 Å². The monoisotopic (exact) mass is 470 g/mol. The van der Waals surface area contributed by atoms with Gasteiger partial charge in [0.05, 0.1) is 13.2 Å². The van der Waals surface area contributed by atoms with Gasteiger partial charge in [-0.25, -0.2) is 0 Å². The Morgan fingerprint density at radius 2 is 1.92 bits per heavy atom. The molecule has 2 aromatic rings. The van der Waals surface area contributed by atoms with Gasteiger partial charge in [-0.05, 0) is 72.0 Å². The van der Waals surface area contributed by atoms with Crippen molar-refractivity contribution in [2.45, 2.75) is 13.0 Å². The van der Waals surface area contributed by atoms with Gasteiger partial charge in [0.2, 0.25) is 0 Å². The van der Waals surface area contributed by atoms with Gasteiger partial charge < -0.3 is 19.2 Å². The van der Waals surface area contributed by atoms with E-state index < -0.39 is 0 Å². The summed E-state index contributed by atoms with van der Waals surface area (Å²) in [6.45, 7) is 5.43. The summed E-state index contributed by atoms with van der Waals surface area (Å²) < 4.78 is 17.7. The third kappa shape index (κ3) is 6.00. The highest BCUT2D eigenvalue weighted by Gasteiger charge is 2.12. The van der Waals surface area contributed by atoms with E-state index in [1.54, 1.807) is 12.1 Å². The number of carbonyl (C=O) groups is 1. The van der Waals surface area contributed by atoms with Crippen LogP contribution in [0.1, 0.15) is 22.7 Å². The van der Waals surface area contributed by atoms with Gasteiger partial charge in [-0.3, -0.25) is 9.69 Å². The average Bonchev–Trinajstić information content (AvgIpc) is 3.15. The number of hydrogen-bond acceptors (Lipinski definition) is 5. The molecule has 0 bridgehead atoms. The molecule has 1 saturated heterocycles. The molecule has 2 heterocycles. The highest BCUT2D eigenvalue weighted by Crippen LogP contribution is 2.16. The smallest absolute Gasteiger partial charge is 0.286 e. The van der Waals surface area contributed by atoms with Crippen LogP contribution in [0.2, 0.25) is 0 Å². The summed E-state index contributed by atoms with van der Waals surface area (Å²) in [7, 11) is 0. The number of rotatable bonds is 8. The van der Waals surface area contributed by atoms with Gasteiger partial charge in [0.15, 0.2) is 5.76 Å². The molecule has 0 saturated carbocycles. The van der Waals surface area contributed by atoms with Gasteiger partial charge in [0.1, 0.15) is 18.1 Å². The fourth-order valence-corrected chi connectivity index (χ4v) is 3.04. The van der Waals surface area contributed by atoms with Crippen molar-refractivity contribution in [3.63, 3.8) is 0 Å². The quantitative estimate of drug-likeness (QED) is 0.475. The van der Waals surface area contributed by atoms with Crippen molar-refractivity contribution in [2.24, 2.45) is 0 Å². The fourth-order valence-electron chi connectivity index (χ4n) is 2.68. The molecule has 0 spiro atoms. The zero-order valence-corrected chi connectivity index (χ0v) is 16.7. The normalized spacial score (nSPS) is 15.0. The van der Waals surface area contributed by atoms with Gasteiger partial charge in [-0.2, -0.15) is 0 Å². The Labute approximate surface area is 167 Å². The number of halogens is 1. The molecule has 0 aliphatic carbocycles. The van der Waals surface area contributed by atoms with Crippen molar-refractivity contribution < 1.29 is 18.7 Å². The summed E-state index contributed by atoms with van der Waals surface area (Å²) in [6.07, 6.45) is 0.912. The molecule has 6 nitrogen and oxygen atoms in total. The van der Waals surface area contributed by atoms with E-state index in [9.17, 15) is 4.79 Å². The van der Waals surface area contributed by atoms with Crippen molar-refractivity contribution in [3.05, 3.63) is 51.5 Å². The van der Waals surface area contributed by atoms with E-state index in [2.05, 4.69) is 32.8 Å². The van der Waals surface area contributed by atoms with Crippen LogP contribution in [0.3, 0.4) is 0 Å². The molecule has 140 valence electrons. The first kappa shape index (κ1) is 19.2. The minimum absolute atomic E-state index is 0.188. The summed E-state index contributed by atoms with van der Waals surface area (Å²) in [5.74, 6) is 1.53. The van der Waals surface area contributed by atoms with Gasteiger partial charge >= 0.3 is 0 Å². The largest absolute Gasteiger partial charge is 0.486 e. The molecule has 1 aliphatic rings. The maximum absolute atomic E-state index is 12.1. The highest BCUT2D eigenvalue weighted by molar-refractivity contribution is 14.1. The number of ether oxygens (including phenoxy) is 2. The Morgan fingerprint density at radius 1 is 1.15 bits per heavy atom. The van der Waals surface area contributed by atoms with Gasteiger partial charge in [0.25, 0.3) is 5.91 Å². The van der Waals surface area contributed by atoms with Crippen molar-refractivity contribution in [3.8, 4) is 5.75 Å². The highest BCUT2D eigenvalue weighted by atomic mass is 127. The van der Waals surface area contributed by atoms with E-state index in [-0.39, 0.29) is 5.91 Å². The van der Waals surface area contributed by atoms with Crippen LogP contribution in [0.4, 0.5) is 0 Å². The topological polar surface area (TPSA) is 63.9 Å². The van der Waals surface area contributed by atoms with Crippen LogP contribution < -0.4 is 10.1 Å². The Kier molecular flexibility index (Phi) is 7.33. The standard InChI is InChI=1S/C19H23IN2O4/c20-15-2-4-16(5-3-15)25-14-17-6-7-18(26-17)19(23)21-8-1-9-22-10-12-24-13-11-22/h2-7H,1,8-14H2,(H,21,23). The first-order valence-electron chi connectivity index (χ1n) is 8.76. The molecule has 1 aromatic carbocycles. The van der Waals surface area contributed by atoms with Crippen LogP contribution in [-0.2, 0) is 11.3 Å². The molecule has 26 heavy (non-hydrogen) atoms. The molecule has 1 fully saturated rings. The van der Waals surface area contributed by atoms with Crippen molar-refractivity contribution >= 4 is 28.5 Å². The van der Waals surface area contributed by atoms with Crippen LogP contribution in [0.25, 0.3) is 0 Å². The molecule has 1 aliphatic heterocycles. The Morgan fingerprint density at radius 3 is 2.69 bits per heavy atom. The van der Waals surface area contributed by atoms with Crippen LogP contribution in [0.15, 0.2) is 40.8 Å². The van der Waals surface area contributed by atoms with E-state index in [1.807, 2.05) is 24.3 Å². The third-order valence-electron chi connectivity index (χ3n) is 4.12.